The van der Waals surface area contributed by atoms with E-state index in [2.05, 4.69) is 48.9 Å². The van der Waals surface area contributed by atoms with Crippen LogP contribution in [0.4, 0.5) is 5.82 Å². The monoisotopic (exact) mass is 448 g/mol. The molecule has 1 saturated heterocycles. The minimum absolute atomic E-state index is 0.195. The van der Waals surface area contributed by atoms with E-state index in [9.17, 15) is 15.0 Å². The van der Waals surface area contributed by atoms with Crippen LogP contribution in [0.5, 0.6) is 0 Å². The molecule has 0 amide bonds. The number of nitrogens with one attached hydrogen (secondary N) is 1. The number of ether oxygens (including phenoxy) is 1. The normalized spacial score (nSPS) is 27.0. The Bertz CT molecular complexity index is 792. The predicted octanol–water partition coefficient (Wildman–Crippen LogP) is -1.28. The van der Waals surface area contributed by atoms with Crippen LogP contribution in [0.15, 0.2) is 12.7 Å². The van der Waals surface area contributed by atoms with Crippen LogP contribution in [0.2, 0.25) is 4.82 Å². The summed E-state index contributed by atoms with van der Waals surface area (Å²) in [6, 6.07) is -0.742. The van der Waals surface area contributed by atoms with Gasteiger partial charge in [0, 0.05) is 0 Å². The Labute approximate surface area is 162 Å². The fourth-order valence-corrected chi connectivity index (χ4v) is 3.99. The van der Waals surface area contributed by atoms with Crippen molar-refractivity contribution in [1.82, 2.24) is 24.8 Å². The molecule has 5 atom stereocenters. The summed E-state index contributed by atoms with van der Waals surface area (Å²) >= 11 is 6.45. The van der Waals surface area contributed by atoms with Crippen molar-refractivity contribution in [3.63, 3.8) is 0 Å². The molecule has 0 aromatic carbocycles. The number of aromatic nitrogens is 4. The van der Waals surface area contributed by atoms with E-state index in [1.807, 2.05) is 0 Å². The van der Waals surface area contributed by atoms with Crippen LogP contribution in [0.1, 0.15) is 12.6 Å². The molecule has 10 nitrogen and oxygen atoms in total. The van der Waals surface area contributed by atoms with E-state index in [1.165, 1.54) is 6.33 Å². The van der Waals surface area contributed by atoms with Gasteiger partial charge in [0.1, 0.15) is 0 Å². The molecule has 5 N–H and O–H groups in total. The number of carboxylic acid groups (broad SMARTS) is 1. The van der Waals surface area contributed by atoms with Crippen molar-refractivity contribution in [2.75, 3.05) is 18.0 Å². The van der Waals surface area contributed by atoms with Gasteiger partial charge in [0.2, 0.25) is 0 Å². The third kappa shape index (κ3) is 3.66. The van der Waals surface area contributed by atoms with E-state index < -0.39 is 30.4 Å². The number of imidazole rings is 1. The van der Waals surface area contributed by atoms with Gasteiger partial charge in [-0.05, 0) is 0 Å². The first-order valence-corrected chi connectivity index (χ1v) is 9.67. The second-order valence-electron chi connectivity index (χ2n) is 5.94. The number of nitrogen functional groups attached to an aromatic ring is 1. The van der Waals surface area contributed by atoms with E-state index in [0.29, 0.717) is 23.3 Å². The number of anilines is 1. The zero-order valence-corrected chi connectivity index (χ0v) is 16.4. The number of aliphatic carboxylic acids is 1. The molecule has 2 aromatic heterocycles. The molecule has 1 aliphatic heterocycles. The van der Waals surface area contributed by atoms with Gasteiger partial charge < -0.3 is 0 Å². The van der Waals surface area contributed by atoms with Gasteiger partial charge in [-0.15, -0.1) is 0 Å². The number of fused-ring (bicyclic) bond motifs is 1. The fraction of sp³-hybridized carbons (Fsp3) is 0.571. The van der Waals surface area contributed by atoms with Crippen LogP contribution in [0.25, 0.3) is 11.2 Å². The zero-order chi connectivity index (χ0) is 18.8. The molecule has 1 fully saturated rings. The number of hydrogen-bond donors (Lipinski definition) is 5. The number of nitrogens with two attached hydrogens (primary N) is 1. The molecule has 0 spiro atoms. The molecular formula is C14H20N6O4SSe. The van der Waals surface area contributed by atoms with Gasteiger partial charge in [0.15, 0.2) is 0 Å². The minimum atomic E-state index is -0.959. The number of nitrogens with zero attached hydrogens (tertiary/aromatic N) is 4. The summed E-state index contributed by atoms with van der Waals surface area (Å²) < 4.78 is 7.66. The molecule has 1 unspecified atom stereocenters. The Hall–Kier alpha value is -1.43. The molecule has 0 saturated carbocycles. The van der Waals surface area contributed by atoms with Crippen LogP contribution < -0.4 is 11.1 Å². The van der Waals surface area contributed by atoms with Crippen LogP contribution >= 0.6 is 12.6 Å². The van der Waals surface area contributed by atoms with Gasteiger partial charge >= 0.3 is 163 Å². The summed E-state index contributed by atoms with van der Waals surface area (Å²) in [6.45, 7) is 0.195. The molecule has 3 rings (SSSR count). The van der Waals surface area contributed by atoms with Crippen molar-refractivity contribution < 1.29 is 19.7 Å². The number of carboxylic acids is 1. The number of aliphatic hydroxyl groups excluding tert-OH is 1. The van der Waals surface area contributed by atoms with E-state index in [-0.39, 0.29) is 17.2 Å². The summed E-state index contributed by atoms with van der Waals surface area (Å²) in [5.41, 5.74) is 6.78. The van der Waals surface area contributed by atoms with Crippen LogP contribution in [0.3, 0.4) is 0 Å². The molecule has 0 radical (unpaired) electrons. The molecule has 12 heteroatoms. The molecule has 0 aliphatic carbocycles. The van der Waals surface area contributed by atoms with Gasteiger partial charge in [-0.3, -0.25) is 0 Å². The molecule has 1 aliphatic rings. The number of rotatable bonds is 7. The summed E-state index contributed by atoms with van der Waals surface area (Å²) in [6.07, 6.45) is 1.36. The topological polar surface area (TPSA) is 148 Å². The third-order valence-electron chi connectivity index (χ3n) is 4.28. The van der Waals surface area contributed by atoms with Gasteiger partial charge in [-0.25, -0.2) is 0 Å². The maximum atomic E-state index is 11.2. The second-order valence-corrected chi connectivity index (χ2v) is 7.64. The standard InChI is InChI=1S/C14H20N6O4SSe/c15-11-8-12(18-4-17-11)20(5-19-8)13-10(26)9(21)7(24-13)3-16-6(1-2-25)14(22)23/h4-7,9-10,13,16,21,25-26H,1-3H2,(H,22,23)(H2,15,17,18)/t6?,7-,9-,10-,13-/m1/s1. The Morgan fingerprint density at radius 1 is 1.50 bits per heavy atom. The molecular weight excluding hydrogens is 427 g/mol. The average molecular weight is 447 g/mol. The SMILES string of the molecule is Nc1ncnc2c1ncn2[C@@H]1O[C@H](CNC(CCS)C(=O)O)[C@@H](O)[C@H]1[SeH]. The Balaban J connectivity index is 1.75. The van der Waals surface area contributed by atoms with Gasteiger partial charge in [-0.1, -0.05) is 0 Å². The van der Waals surface area contributed by atoms with Crippen molar-refractivity contribution in [2.45, 2.75) is 35.7 Å². The Kier molecular flexibility index (Phi) is 6.00. The van der Waals surface area contributed by atoms with E-state index >= 15 is 0 Å². The molecule has 2 aromatic rings. The Morgan fingerprint density at radius 3 is 2.96 bits per heavy atom. The molecule has 26 heavy (non-hydrogen) atoms. The summed E-state index contributed by atoms with van der Waals surface area (Å²) in [7, 11) is 0. The number of carbonyl (C=O) groups is 1. The van der Waals surface area contributed by atoms with Gasteiger partial charge in [0.25, 0.3) is 0 Å². The number of hydrogen-bond acceptors (Lipinski definition) is 9. The average Bonchev–Trinajstić information content (AvgIpc) is 3.15. The van der Waals surface area contributed by atoms with Gasteiger partial charge in [0.05, 0.1) is 0 Å². The molecule has 0 bridgehead atoms. The molecule has 3 heterocycles. The molecule has 142 valence electrons. The van der Waals surface area contributed by atoms with E-state index in [1.54, 1.807) is 10.9 Å². The maximum absolute atomic E-state index is 11.2. The quantitative estimate of drug-likeness (QED) is 0.258. The number of thiol groups is 1. The summed E-state index contributed by atoms with van der Waals surface area (Å²) in [4.78, 5) is 23.2. The van der Waals surface area contributed by atoms with E-state index in [0.717, 1.165) is 0 Å². The van der Waals surface area contributed by atoms with Crippen LogP contribution in [0, 0.1) is 0 Å². The summed E-state index contributed by atoms with van der Waals surface area (Å²) in [5, 5.41) is 22.6. The van der Waals surface area contributed by atoms with Gasteiger partial charge in [-0.2, -0.15) is 0 Å². The summed E-state index contributed by atoms with van der Waals surface area (Å²) in [5.74, 6) is -0.251. The third-order valence-corrected chi connectivity index (χ3v) is 5.71. The van der Waals surface area contributed by atoms with Crippen molar-refractivity contribution in [3.8, 4) is 0 Å². The van der Waals surface area contributed by atoms with Crippen LogP contribution in [-0.2, 0) is 9.53 Å². The van der Waals surface area contributed by atoms with Crippen LogP contribution in [-0.4, -0.2) is 82.3 Å². The first-order chi connectivity index (χ1) is 12.4. The second kappa shape index (κ2) is 8.07. The van der Waals surface area contributed by atoms with Crippen molar-refractivity contribution in [3.05, 3.63) is 12.7 Å². The fourth-order valence-electron chi connectivity index (χ4n) is 2.88. The van der Waals surface area contributed by atoms with Crippen molar-refractivity contribution in [2.24, 2.45) is 0 Å². The first kappa shape index (κ1) is 19.3. The van der Waals surface area contributed by atoms with Crippen molar-refractivity contribution in [1.29, 1.82) is 0 Å². The number of aliphatic hydroxyl groups is 1. The Morgan fingerprint density at radius 2 is 2.27 bits per heavy atom. The van der Waals surface area contributed by atoms with E-state index in [4.69, 9.17) is 10.5 Å². The predicted molar refractivity (Wildman–Crippen MR) is 98.4 cm³/mol. The first-order valence-electron chi connectivity index (χ1n) is 7.95. The zero-order valence-electron chi connectivity index (χ0n) is 13.6. The van der Waals surface area contributed by atoms with Crippen molar-refractivity contribution >= 4 is 51.6 Å².